The van der Waals surface area contributed by atoms with E-state index in [0.717, 1.165) is 30.9 Å². The number of nitrogens with zero attached hydrogens (tertiary/aromatic N) is 2. The summed E-state index contributed by atoms with van der Waals surface area (Å²) in [5.74, 6) is 2.82. The second kappa shape index (κ2) is 7.53. The van der Waals surface area contributed by atoms with Crippen LogP contribution in [0.2, 0.25) is 0 Å². The lowest BCUT2D eigenvalue weighted by molar-refractivity contribution is 0.210. The number of aryl methyl sites for hydroxylation is 1. The maximum atomic E-state index is 5.05. The van der Waals surface area contributed by atoms with Crippen LogP contribution in [0.25, 0.3) is 0 Å². The zero-order chi connectivity index (χ0) is 13.5. The summed E-state index contributed by atoms with van der Waals surface area (Å²) in [6.07, 6.45) is 10.9. The molecule has 1 aromatic rings. The third-order valence-corrected chi connectivity index (χ3v) is 4.22. The van der Waals surface area contributed by atoms with E-state index in [9.17, 15) is 0 Å². The van der Waals surface area contributed by atoms with E-state index in [-0.39, 0.29) is 0 Å². The SMILES string of the molecule is COCCNc1nccn1CCC1CCC(C)CC1. The van der Waals surface area contributed by atoms with Gasteiger partial charge in [0.25, 0.3) is 0 Å². The summed E-state index contributed by atoms with van der Waals surface area (Å²) in [5, 5.41) is 3.32. The number of rotatable bonds is 7. The highest BCUT2D eigenvalue weighted by molar-refractivity contribution is 5.25. The Hall–Kier alpha value is -1.03. The molecule has 0 unspecified atom stereocenters. The average Bonchev–Trinajstić information content (AvgIpc) is 2.86. The smallest absolute Gasteiger partial charge is 0.202 e. The van der Waals surface area contributed by atoms with Gasteiger partial charge in [-0.25, -0.2) is 4.98 Å². The fraction of sp³-hybridized carbons (Fsp3) is 0.800. The number of nitrogens with one attached hydrogen (secondary N) is 1. The third-order valence-electron chi connectivity index (χ3n) is 4.22. The molecule has 0 spiro atoms. The van der Waals surface area contributed by atoms with Crippen molar-refractivity contribution in [3.05, 3.63) is 12.4 Å². The van der Waals surface area contributed by atoms with Gasteiger partial charge in [0, 0.05) is 32.6 Å². The van der Waals surface area contributed by atoms with Crippen LogP contribution in [0.3, 0.4) is 0 Å². The third kappa shape index (κ3) is 4.53. The largest absolute Gasteiger partial charge is 0.383 e. The highest BCUT2D eigenvalue weighted by Gasteiger charge is 2.18. The van der Waals surface area contributed by atoms with Gasteiger partial charge in [-0.2, -0.15) is 0 Å². The van der Waals surface area contributed by atoms with Gasteiger partial charge in [0.15, 0.2) is 0 Å². The molecule has 1 heterocycles. The second-order valence-electron chi connectivity index (χ2n) is 5.78. The van der Waals surface area contributed by atoms with Gasteiger partial charge in [0.1, 0.15) is 0 Å². The van der Waals surface area contributed by atoms with E-state index < -0.39 is 0 Å². The van der Waals surface area contributed by atoms with Crippen LogP contribution >= 0.6 is 0 Å². The van der Waals surface area contributed by atoms with Crippen LogP contribution in [0.15, 0.2) is 12.4 Å². The molecule has 2 rings (SSSR count). The van der Waals surface area contributed by atoms with E-state index in [1.807, 2.05) is 6.20 Å². The molecule has 19 heavy (non-hydrogen) atoms. The molecule has 0 aliphatic heterocycles. The summed E-state index contributed by atoms with van der Waals surface area (Å²) >= 11 is 0. The van der Waals surface area contributed by atoms with Crippen LogP contribution in [-0.2, 0) is 11.3 Å². The monoisotopic (exact) mass is 265 g/mol. The van der Waals surface area contributed by atoms with Crippen LogP contribution in [0.4, 0.5) is 5.95 Å². The Kier molecular flexibility index (Phi) is 5.70. The van der Waals surface area contributed by atoms with E-state index in [4.69, 9.17) is 4.74 Å². The van der Waals surface area contributed by atoms with Gasteiger partial charge in [-0.3, -0.25) is 0 Å². The van der Waals surface area contributed by atoms with Crippen molar-refractivity contribution in [3.63, 3.8) is 0 Å². The van der Waals surface area contributed by atoms with Gasteiger partial charge in [0.05, 0.1) is 6.61 Å². The predicted octanol–water partition coefficient (Wildman–Crippen LogP) is 3.16. The lowest BCUT2D eigenvalue weighted by Crippen LogP contribution is -2.16. The van der Waals surface area contributed by atoms with Crippen molar-refractivity contribution < 1.29 is 4.74 Å². The van der Waals surface area contributed by atoms with Crippen LogP contribution in [0.1, 0.15) is 39.0 Å². The molecule has 0 radical (unpaired) electrons. The molecular weight excluding hydrogens is 238 g/mol. The van der Waals surface area contributed by atoms with Crippen molar-refractivity contribution in [3.8, 4) is 0 Å². The molecule has 1 aromatic heterocycles. The summed E-state index contributed by atoms with van der Waals surface area (Å²) in [5.41, 5.74) is 0. The molecule has 1 N–H and O–H groups in total. The minimum Gasteiger partial charge on any atom is -0.383 e. The van der Waals surface area contributed by atoms with Crippen molar-refractivity contribution in [1.82, 2.24) is 9.55 Å². The zero-order valence-electron chi connectivity index (χ0n) is 12.3. The molecule has 1 saturated carbocycles. The molecule has 1 fully saturated rings. The normalized spacial score (nSPS) is 23.5. The summed E-state index contributed by atoms with van der Waals surface area (Å²) in [7, 11) is 1.72. The van der Waals surface area contributed by atoms with Gasteiger partial charge in [0.2, 0.25) is 5.95 Å². The van der Waals surface area contributed by atoms with Gasteiger partial charge >= 0.3 is 0 Å². The lowest BCUT2D eigenvalue weighted by Gasteiger charge is -2.26. The Balaban J connectivity index is 1.74. The van der Waals surface area contributed by atoms with Crippen molar-refractivity contribution in [2.75, 3.05) is 25.6 Å². The fourth-order valence-corrected chi connectivity index (χ4v) is 2.86. The van der Waals surface area contributed by atoms with Crippen molar-refractivity contribution in [2.45, 2.75) is 45.6 Å². The Morgan fingerprint density at radius 1 is 1.37 bits per heavy atom. The molecule has 0 amide bonds. The number of aromatic nitrogens is 2. The Morgan fingerprint density at radius 2 is 2.16 bits per heavy atom. The van der Waals surface area contributed by atoms with E-state index in [1.165, 1.54) is 32.1 Å². The van der Waals surface area contributed by atoms with Crippen molar-refractivity contribution in [1.29, 1.82) is 0 Å². The minimum absolute atomic E-state index is 0.716. The first-order chi connectivity index (χ1) is 9.29. The minimum atomic E-state index is 0.716. The zero-order valence-corrected chi connectivity index (χ0v) is 12.3. The topological polar surface area (TPSA) is 39.1 Å². The maximum absolute atomic E-state index is 5.05. The van der Waals surface area contributed by atoms with Crippen LogP contribution in [-0.4, -0.2) is 29.8 Å². The quantitative estimate of drug-likeness (QED) is 0.770. The molecule has 108 valence electrons. The Labute approximate surface area is 116 Å². The first-order valence-corrected chi connectivity index (χ1v) is 7.53. The first kappa shape index (κ1) is 14.4. The van der Waals surface area contributed by atoms with E-state index in [2.05, 4.69) is 28.0 Å². The number of hydrogen-bond donors (Lipinski definition) is 1. The van der Waals surface area contributed by atoms with Crippen molar-refractivity contribution >= 4 is 5.95 Å². The summed E-state index contributed by atoms with van der Waals surface area (Å²) in [6, 6.07) is 0. The van der Waals surface area contributed by atoms with Gasteiger partial charge in [-0.1, -0.05) is 32.6 Å². The molecule has 4 heteroatoms. The standard InChI is InChI=1S/C15H27N3O/c1-13-3-5-14(6-4-13)7-10-18-11-8-16-15(18)17-9-12-19-2/h8,11,13-14H,3-7,9-10,12H2,1-2H3,(H,16,17). The highest BCUT2D eigenvalue weighted by Crippen LogP contribution is 2.30. The molecule has 0 saturated heterocycles. The number of methoxy groups -OCH3 is 1. The summed E-state index contributed by atoms with van der Waals surface area (Å²) in [4.78, 5) is 4.36. The van der Waals surface area contributed by atoms with Crippen LogP contribution < -0.4 is 5.32 Å². The van der Waals surface area contributed by atoms with E-state index in [0.29, 0.717) is 6.61 Å². The second-order valence-corrected chi connectivity index (χ2v) is 5.78. The van der Waals surface area contributed by atoms with E-state index in [1.54, 1.807) is 7.11 Å². The van der Waals surface area contributed by atoms with Crippen LogP contribution in [0.5, 0.6) is 0 Å². The maximum Gasteiger partial charge on any atom is 0.202 e. The summed E-state index contributed by atoms with van der Waals surface area (Å²) in [6.45, 7) is 4.99. The molecule has 0 aromatic carbocycles. The summed E-state index contributed by atoms with van der Waals surface area (Å²) < 4.78 is 7.28. The van der Waals surface area contributed by atoms with Gasteiger partial charge < -0.3 is 14.6 Å². The highest BCUT2D eigenvalue weighted by atomic mass is 16.5. The number of anilines is 1. The van der Waals surface area contributed by atoms with Crippen molar-refractivity contribution in [2.24, 2.45) is 11.8 Å². The number of ether oxygens (including phenoxy) is 1. The molecular formula is C15H27N3O. The lowest BCUT2D eigenvalue weighted by atomic mass is 9.81. The van der Waals surface area contributed by atoms with E-state index >= 15 is 0 Å². The molecule has 0 atom stereocenters. The first-order valence-electron chi connectivity index (χ1n) is 7.53. The molecule has 1 aliphatic rings. The number of imidazole rings is 1. The van der Waals surface area contributed by atoms with Crippen LogP contribution in [0, 0.1) is 11.8 Å². The predicted molar refractivity (Wildman–Crippen MR) is 78.3 cm³/mol. The molecule has 4 nitrogen and oxygen atoms in total. The Morgan fingerprint density at radius 3 is 2.89 bits per heavy atom. The fourth-order valence-electron chi connectivity index (χ4n) is 2.86. The average molecular weight is 265 g/mol. The molecule has 0 bridgehead atoms. The van der Waals surface area contributed by atoms with Gasteiger partial charge in [-0.15, -0.1) is 0 Å². The molecule has 1 aliphatic carbocycles. The Bertz CT molecular complexity index is 356. The van der Waals surface area contributed by atoms with Gasteiger partial charge in [-0.05, 0) is 18.3 Å². The number of hydrogen-bond acceptors (Lipinski definition) is 3.